The average molecular weight is 301 g/mol. The first kappa shape index (κ1) is 15.1. The first-order valence-electron chi connectivity index (χ1n) is 7.88. The van der Waals surface area contributed by atoms with Gasteiger partial charge in [-0.25, -0.2) is 4.79 Å². The van der Waals surface area contributed by atoms with Gasteiger partial charge in [0.15, 0.2) is 0 Å². The number of esters is 1. The number of aryl methyl sites for hydroxylation is 1. The van der Waals surface area contributed by atoms with Gasteiger partial charge in [-0.15, -0.1) is 0 Å². The minimum Gasteiger partial charge on any atom is -0.497 e. The van der Waals surface area contributed by atoms with E-state index in [1.165, 1.54) is 18.2 Å². The molecule has 1 aromatic rings. The van der Waals surface area contributed by atoms with Crippen molar-refractivity contribution in [2.75, 3.05) is 27.3 Å². The minimum absolute atomic E-state index is 0.192. The second-order valence-electron chi connectivity index (χ2n) is 6.01. The van der Waals surface area contributed by atoms with Gasteiger partial charge < -0.3 is 9.47 Å². The Labute approximate surface area is 131 Å². The molecule has 0 saturated heterocycles. The fraction of sp³-hybridized carbons (Fsp3) is 0.500. The van der Waals surface area contributed by atoms with Crippen LogP contribution in [0.2, 0.25) is 0 Å². The molecule has 4 heteroatoms. The van der Waals surface area contributed by atoms with E-state index in [-0.39, 0.29) is 5.97 Å². The predicted molar refractivity (Wildman–Crippen MR) is 85.1 cm³/mol. The summed E-state index contributed by atoms with van der Waals surface area (Å²) in [5.74, 6) is 0.732. The van der Waals surface area contributed by atoms with Crippen LogP contribution in [-0.4, -0.2) is 44.2 Å². The summed E-state index contributed by atoms with van der Waals surface area (Å²) in [7, 11) is 3.16. The number of benzene rings is 1. The number of carbonyl (C=O) groups is 1. The van der Waals surface area contributed by atoms with E-state index in [2.05, 4.69) is 17.0 Å². The highest BCUT2D eigenvalue weighted by Gasteiger charge is 2.28. The van der Waals surface area contributed by atoms with E-state index < -0.39 is 0 Å². The number of nitrogens with zero attached hydrogens (tertiary/aromatic N) is 1. The zero-order valence-corrected chi connectivity index (χ0v) is 13.3. The Kier molecular flexibility index (Phi) is 4.48. The van der Waals surface area contributed by atoms with Gasteiger partial charge in [-0.3, -0.25) is 4.90 Å². The zero-order valence-electron chi connectivity index (χ0n) is 13.3. The highest BCUT2D eigenvalue weighted by Crippen LogP contribution is 2.29. The van der Waals surface area contributed by atoms with Crippen LogP contribution in [0.15, 0.2) is 29.8 Å². The van der Waals surface area contributed by atoms with Crippen LogP contribution >= 0.6 is 0 Å². The van der Waals surface area contributed by atoms with Crippen LogP contribution < -0.4 is 4.74 Å². The summed E-state index contributed by atoms with van der Waals surface area (Å²) in [6, 6.07) is 6.87. The van der Waals surface area contributed by atoms with E-state index in [0.717, 1.165) is 43.6 Å². The first-order chi connectivity index (χ1) is 10.7. The van der Waals surface area contributed by atoms with Gasteiger partial charge in [0.05, 0.1) is 14.2 Å². The van der Waals surface area contributed by atoms with E-state index in [0.29, 0.717) is 12.6 Å². The lowest BCUT2D eigenvalue weighted by Crippen LogP contribution is -2.43. The molecule has 1 unspecified atom stereocenters. The quantitative estimate of drug-likeness (QED) is 0.803. The predicted octanol–water partition coefficient (Wildman–Crippen LogP) is 2.36. The molecule has 1 aliphatic heterocycles. The average Bonchev–Trinajstić information content (AvgIpc) is 2.60. The highest BCUT2D eigenvalue weighted by molar-refractivity contribution is 5.88. The molecule has 4 nitrogen and oxygen atoms in total. The van der Waals surface area contributed by atoms with Crippen molar-refractivity contribution in [3.63, 3.8) is 0 Å². The van der Waals surface area contributed by atoms with Crippen LogP contribution in [0.4, 0.5) is 0 Å². The van der Waals surface area contributed by atoms with Crippen molar-refractivity contribution in [1.29, 1.82) is 0 Å². The Morgan fingerprint density at radius 3 is 2.91 bits per heavy atom. The second-order valence-corrected chi connectivity index (χ2v) is 6.01. The van der Waals surface area contributed by atoms with Crippen molar-refractivity contribution >= 4 is 5.97 Å². The molecule has 1 aliphatic carbocycles. The summed E-state index contributed by atoms with van der Waals surface area (Å²) in [5, 5.41) is 0. The van der Waals surface area contributed by atoms with Gasteiger partial charge in [0, 0.05) is 24.7 Å². The van der Waals surface area contributed by atoms with Crippen LogP contribution in [0.25, 0.3) is 0 Å². The number of ether oxygens (including phenoxy) is 2. The molecular formula is C18H23NO3. The van der Waals surface area contributed by atoms with Gasteiger partial charge in [0.1, 0.15) is 5.75 Å². The molecule has 1 atom stereocenters. The van der Waals surface area contributed by atoms with Crippen LogP contribution in [0.3, 0.4) is 0 Å². The molecule has 0 aromatic heterocycles. The van der Waals surface area contributed by atoms with E-state index in [4.69, 9.17) is 9.47 Å². The molecule has 0 amide bonds. The van der Waals surface area contributed by atoms with E-state index >= 15 is 0 Å². The molecule has 3 rings (SSSR count). The van der Waals surface area contributed by atoms with Crippen molar-refractivity contribution in [2.45, 2.75) is 31.7 Å². The first-order valence-corrected chi connectivity index (χ1v) is 7.88. The lowest BCUT2D eigenvalue weighted by molar-refractivity contribution is -0.136. The molecule has 22 heavy (non-hydrogen) atoms. The van der Waals surface area contributed by atoms with E-state index in [9.17, 15) is 4.79 Å². The largest absolute Gasteiger partial charge is 0.497 e. The van der Waals surface area contributed by atoms with Crippen molar-refractivity contribution in [1.82, 2.24) is 4.90 Å². The molecule has 118 valence electrons. The third kappa shape index (κ3) is 3.02. The van der Waals surface area contributed by atoms with Gasteiger partial charge in [0.2, 0.25) is 0 Å². The summed E-state index contributed by atoms with van der Waals surface area (Å²) in [5.41, 5.74) is 3.60. The van der Waals surface area contributed by atoms with Crippen LogP contribution in [-0.2, 0) is 22.4 Å². The van der Waals surface area contributed by atoms with Crippen molar-refractivity contribution in [2.24, 2.45) is 0 Å². The Morgan fingerprint density at radius 1 is 1.27 bits per heavy atom. The Bertz CT molecular complexity index is 594. The third-order valence-corrected chi connectivity index (χ3v) is 4.76. The Balaban J connectivity index is 1.72. The summed E-state index contributed by atoms with van der Waals surface area (Å²) in [6.07, 6.45) is 6.21. The standard InChI is InChI=1S/C18H23NO3/c1-21-17-8-6-13-5-7-16(10-15(13)11-17)19-9-3-4-14(12-19)18(20)22-2/h4,6,8,11,16H,3,5,7,9-10,12H2,1-2H3. The Morgan fingerprint density at radius 2 is 2.14 bits per heavy atom. The SMILES string of the molecule is COC(=O)C1=CCCN(C2CCc3ccc(OC)cc3C2)C1. The van der Waals surface area contributed by atoms with E-state index in [1.807, 2.05) is 12.1 Å². The number of hydrogen-bond acceptors (Lipinski definition) is 4. The maximum Gasteiger partial charge on any atom is 0.334 e. The summed E-state index contributed by atoms with van der Waals surface area (Å²) >= 11 is 0. The Hall–Kier alpha value is -1.81. The number of hydrogen-bond donors (Lipinski definition) is 0. The normalized spacial score (nSPS) is 21.7. The molecule has 0 bridgehead atoms. The van der Waals surface area contributed by atoms with Gasteiger partial charge in [0.25, 0.3) is 0 Å². The van der Waals surface area contributed by atoms with E-state index in [1.54, 1.807) is 7.11 Å². The van der Waals surface area contributed by atoms with Crippen LogP contribution in [0.1, 0.15) is 24.0 Å². The smallest absolute Gasteiger partial charge is 0.334 e. The van der Waals surface area contributed by atoms with Gasteiger partial charge in [-0.05, 0) is 48.9 Å². The van der Waals surface area contributed by atoms with Gasteiger partial charge in [-0.2, -0.15) is 0 Å². The molecule has 2 aliphatic rings. The maximum absolute atomic E-state index is 11.7. The molecular weight excluding hydrogens is 278 g/mol. The fourth-order valence-electron chi connectivity index (χ4n) is 3.51. The number of fused-ring (bicyclic) bond motifs is 1. The minimum atomic E-state index is -0.192. The topological polar surface area (TPSA) is 38.8 Å². The highest BCUT2D eigenvalue weighted by atomic mass is 16.5. The summed E-state index contributed by atoms with van der Waals surface area (Å²) in [6.45, 7) is 1.72. The zero-order chi connectivity index (χ0) is 15.5. The molecule has 1 aromatic carbocycles. The van der Waals surface area contributed by atoms with Crippen molar-refractivity contribution < 1.29 is 14.3 Å². The van der Waals surface area contributed by atoms with Crippen LogP contribution in [0.5, 0.6) is 5.75 Å². The molecule has 0 N–H and O–H groups in total. The third-order valence-electron chi connectivity index (χ3n) is 4.76. The van der Waals surface area contributed by atoms with Crippen LogP contribution in [0, 0.1) is 0 Å². The number of rotatable bonds is 3. The summed E-state index contributed by atoms with van der Waals surface area (Å²) in [4.78, 5) is 14.2. The van der Waals surface area contributed by atoms with Gasteiger partial charge in [-0.1, -0.05) is 12.1 Å². The molecule has 0 saturated carbocycles. The maximum atomic E-state index is 11.7. The molecule has 0 spiro atoms. The van der Waals surface area contributed by atoms with Gasteiger partial charge >= 0.3 is 5.97 Å². The number of methoxy groups -OCH3 is 2. The number of carbonyl (C=O) groups excluding carboxylic acids is 1. The molecule has 0 radical (unpaired) electrons. The van der Waals surface area contributed by atoms with Crippen molar-refractivity contribution in [3.8, 4) is 5.75 Å². The summed E-state index contributed by atoms with van der Waals surface area (Å²) < 4.78 is 10.2. The molecule has 1 heterocycles. The van der Waals surface area contributed by atoms with Crippen molar-refractivity contribution in [3.05, 3.63) is 41.0 Å². The lowest BCUT2D eigenvalue weighted by atomic mass is 9.86. The monoisotopic (exact) mass is 301 g/mol. The molecule has 0 fully saturated rings. The second kappa shape index (κ2) is 6.53. The lowest BCUT2D eigenvalue weighted by Gasteiger charge is -2.37. The fourth-order valence-corrected chi connectivity index (χ4v) is 3.51.